The van der Waals surface area contributed by atoms with Crippen molar-refractivity contribution in [1.82, 2.24) is 0 Å². The van der Waals surface area contributed by atoms with Crippen LogP contribution in [0, 0.1) is 5.92 Å². The Kier molecular flexibility index (Phi) is 2.55. The third kappa shape index (κ3) is 1.72. The summed E-state index contributed by atoms with van der Waals surface area (Å²) in [5, 5.41) is 18.6. The van der Waals surface area contributed by atoms with Gasteiger partial charge in [-0.15, -0.1) is 0 Å². The van der Waals surface area contributed by atoms with Gasteiger partial charge in [0, 0.05) is 25.4 Å². The third-order valence-corrected chi connectivity index (χ3v) is 2.99. The molecule has 4 heteroatoms. The Balaban J connectivity index is 2.01. The molecule has 2 aliphatic rings. The molecule has 1 saturated heterocycles. The van der Waals surface area contributed by atoms with Crippen molar-refractivity contribution in [3.05, 3.63) is 0 Å². The molecule has 0 aromatic heterocycles. The van der Waals surface area contributed by atoms with Crippen LogP contribution in [0.1, 0.15) is 19.3 Å². The quantitative estimate of drug-likeness (QED) is 0.602. The molecule has 2 rings (SSSR count). The van der Waals surface area contributed by atoms with Crippen LogP contribution in [0.5, 0.6) is 0 Å². The fourth-order valence-electron chi connectivity index (χ4n) is 2.19. The Hall–Kier alpha value is -0.160. The summed E-state index contributed by atoms with van der Waals surface area (Å²) >= 11 is 0. The minimum Gasteiger partial charge on any atom is -0.396 e. The number of rotatable bonds is 1. The summed E-state index contributed by atoms with van der Waals surface area (Å²) in [6.07, 6.45) is 1.61. The smallest absolute Gasteiger partial charge is 0.169 e. The van der Waals surface area contributed by atoms with Gasteiger partial charge in [0.25, 0.3) is 0 Å². The average molecular weight is 188 g/mol. The zero-order valence-corrected chi connectivity index (χ0v) is 7.61. The Bertz CT molecular complexity index is 176. The van der Waals surface area contributed by atoms with Gasteiger partial charge in [0.1, 0.15) is 0 Å². The van der Waals surface area contributed by atoms with Crippen LogP contribution >= 0.6 is 0 Å². The van der Waals surface area contributed by atoms with E-state index >= 15 is 0 Å². The van der Waals surface area contributed by atoms with Crippen molar-refractivity contribution in [2.45, 2.75) is 31.2 Å². The van der Waals surface area contributed by atoms with E-state index in [0.29, 0.717) is 26.1 Å². The topological polar surface area (TPSA) is 58.9 Å². The lowest BCUT2D eigenvalue weighted by Crippen LogP contribution is -2.43. The molecule has 1 aliphatic heterocycles. The molecule has 1 heterocycles. The van der Waals surface area contributed by atoms with E-state index in [1.807, 2.05) is 0 Å². The van der Waals surface area contributed by atoms with Gasteiger partial charge in [-0.3, -0.25) is 0 Å². The fraction of sp³-hybridized carbons (Fsp3) is 1.00. The summed E-state index contributed by atoms with van der Waals surface area (Å²) in [7, 11) is 0. The second-order valence-electron chi connectivity index (χ2n) is 3.86. The summed E-state index contributed by atoms with van der Waals surface area (Å²) in [6.45, 7) is 1.28. The third-order valence-electron chi connectivity index (χ3n) is 2.99. The molecule has 1 saturated carbocycles. The van der Waals surface area contributed by atoms with E-state index in [2.05, 4.69) is 0 Å². The molecule has 0 radical (unpaired) electrons. The maximum Gasteiger partial charge on any atom is 0.169 e. The largest absolute Gasteiger partial charge is 0.396 e. The number of aliphatic hydroxyl groups excluding tert-OH is 2. The second kappa shape index (κ2) is 3.53. The molecule has 0 aromatic carbocycles. The van der Waals surface area contributed by atoms with Gasteiger partial charge >= 0.3 is 0 Å². The van der Waals surface area contributed by atoms with E-state index < -0.39 is 11.9 Å². The van der Waals surface area contributed by atoms with E-state index in [9.17, 15) is 5.11 Å². The van der Waals surface area contributed by atoms with Crippen molar-refractivity contribution in [1.29, 1.82) is 0 Å². The first kappa shape index (κ1) is 9.40. The molecule has 0 unspecified atom stereocenters. The molecule has 1 spiro atoms. The molecule has 2 fully saturated rings. The Morgan fingerprint density at radius 2 is 2.00 bits per heavy atom. The molecule has 1 aliphatic carbocycles. The molecule has 0 aromatic rings. The van der Waals surface area contributed by atoms with Crippen LogP contribution < -0.4 is 0 Å². The molecule has 2 atom stereocenters. The Morgan fingerprint density at radius 3 is 2.62 bits per heavy atom. The summed E-state index contributed by atoms with van der Waals surface area (Å²) in [6, 6.07) is 0. The van der Waals surface area contributed by atoms with Gasteiger partial charge in [0.2, 0.25) is 0 Å². The van der Waals surface area contributed by atoms with E-state index in [1.54, 1.807) is 0 Å². The van der Waals surface area contributed by atoms with Crippen LogP contribution in [0.15, 0.2) is 0 Å². The van der Waals surface area contributed by atoms with Gasteiger partial charge in [-0.1, -0.05) is 0 Å². The fourth-order valence-corrected chi connectivity index (χ4v) is 2.19. The molecule has 76 valence electrons. The van der Waals surface area contributed by atoms with Gasteiger partial charge in [0.15, 0.2) is 5.79 Å². The van der Waals surface area contributed by atoms with Crippen molar-refractivity contribution in [2.24, 2.45) is 5.92 Å². The Morgan fingerprint density at radius 1 is 1.31 bits per heavy atom. The highest BCUT2D eigenvalue weighted by Gasteiger charge is 2.44. The van der Waals surface area contributed by atoms with Gasteiger partial charge in [-0.05, 0) is 6.42 Å². The summed E-state index contributed by atoms with van der Waals surface area (Å²) in [5.74, 6) is -0.584. The minimum atomic E-state index is -0.493. The van der Waals surface area contributed by atoms with Crippen molar-refractivity contribution in [3.8, 4) is 0 Å². The molecule has 0 amide bonds. The predicted molar refractivity (Wildman–Crippen MR) is 45.1 cm³/mol. The van der Waals surface area contributed by atoms with E-state index in [0.717, 1.165) is 6.42 Å². The van der Waals surface area contributed by atoms with Gasteiger partial charge in [-0.2, -0.15) is 0 Å². The number of hydrogen-bond donors (Lipinski definition) is 2. The van der Waals surface area contributed by atoms with Crippen molar-refractivity contribution in [2.75, 3.05) is 19.8 Å². The van der Waals surface area contributed by atoms with E-state index in [1.165, 1.54) is 0 Å². The normalized spacial score (nSPS) is 38.3. The van der Waals surface area contributed by atoms with Crippen LogP contribution in [0.2, 0.25) is 0 Å². The van der Waals surface area contributed by atoms with Crippen LogP contribution in [-0.4, -0.2) is 41.9 Å². The Labute approximate surface area is 77.5 Å². The van der Waals surface area contributed by atoms with Crippen molar-refractivity contribution < 1.29 is 19.7 Å². The van der Waals surface area contributed by atoms with E-state index in [-0.39, 0.29) is 12.5 Å². The summed E-state index contributed by atoms with van der Waals surface area (Å²) in [5.41, 5.74) is 0. The first-order chi connectivity index (χ1) is 6.26. The molecule has 4 nitrogen and oxygen atoms in total. The minimum absolute atomic E-state index is 0.00956. The molecular weight excluding hydrogens is 172 g/mol. The van der Waals surface area contributed by atoms with Gasteiger partial charge < -0.3 is 19.7 Å². The van der Waals surface area contributed by atoms with E-state index in [4.69, 9.17) is 14.6 Å². The number of ether oxygens (including phenoxy) is 2. The highest BCUT2D eigenvalue weighted by molar-refractivity contribution is 4.87. The lowest BCUT2D eigenvalue weighted by molar-refractivity contribution is -0.205. The van der Waals surface area contributed by atoms with Crippen LogP contribution in [0.25, 0.3) is 0 Å². The lowest BCUT2D eigenvalue weighted by atomic mass is 9.83. The zero-order valence-electron chi connectivity index (χ0n) is 7.61. The standard InChI is InChI=1S/C9H16O4/c10-6-7-5-9(2-1-8(7)11)12-3-4-13-9/h7-8,10-11H,1-6H2/t7-,8-/m0/s1. The highest BCUT2D eigenvalue weighted by Crippen LogP contribution is 2.38. The van der Waals surface area contributed by atoms with Crippen LogP contribution in [0.3, 0.4) is 0 Å². The van der Waals surface area contributed by atoms with Crippen molar-refractivity contribution in [3.63, 3.8) is 0 Å². The summed E-state index contributed by atoms with van der Waals surface area (Å²) in [4.78, 5) is 0. The first-order valence-electron chi connectivity index (χ1n) is 4.83. The lowest BCUT2D eigenvalue weighted by Gasteiger charge is -2.38. The van der Waals surface area contributed by atoms with Gasteiger partial charge in [0.05, 0.1) is 19.3 Å². The first-order valence-corrected chi connectivity index (χ1v) is 4.83. The SMILES string of the molecule is OC[C@@H]1CC2(CC[C@@H]1O)OCCO2. The highest BCUT2D eigenvalue weighted by atomic mass is 16.7. The molecular formula is C9H16O4. The van der Waals surface area contributed by atoms with Crippen LogP contribution in [-0.2, 0) is 9.47 Å². The van der Waals surface area contributed by atoms with Crippen molar-refractivity contribution >= 4 is 0 Å². The average Bonchev–Trinajstić information content (AvgIpc) is 2.59. The predicted octanol–water partition coefficient (Wildman–Crippen LogP) is -0.117. The molecule has 0 bridgehead atoms. The number of aliphatic hydroxyl groups is 2. The van der Waals surface area contributed by atoms with Gasteiger partial charge in [-0.25, -0.2) is 0 Å². The number of hydrogen-bond acceptors (Lipinski definition) is 4. The zero-order chi connectivity index (χ0) is 9.31. The van der Waals surface area contributed by atoms with Crippen LogP contribution in [0.4, 0.5) is 0 Å². The second-order valence-corrected chi connectivity index (χ2v) is 3.86. The maximum atomic E-state index is 9.54. The maximum absolute atomic E-state index is 9.54. The molecule has 13 heavy (non-hydrogen) atoms. The monoisotopic (exact) mass is 188 g/mol. The summed E-state index contributed by atoms with van der Waals surface area (Å²) < 4.78 is 11.0. The molecule has 2 N–H and O–H groups in total.